The van der Waals surface area contributed by atoms with Crippen LogP contribution < -0.4 is 0 Å². The van der Waals surface area contributed by atoms with Crippen molar-refractivity contribution >= 4 is 41.2 Å². The van der Waals surface area contributed by atoms with E-state index in [1.807, 2.05) is 0 Å². The fraction of sp³-hybridized carbons (Fsp3) is 1.00. The standard InChI is InChI=1S/C7H13ClF2.Na.H/c8-6-4-2-1-3-5-7(9)10;;/h7H,1-6H2;;. The van der Waals surface area contributed by atoms with Crippen LogP contribution in [0.3, 0.4) is 0 Å². The second-order valence-electron chi connectivity index (χ2n) is 2.28. The van der Waals surface area contributed by atoms with Gasteiger partial charge in [0.15, 0.2) is 0 Å². The van der Waals surface area contributed by atoms with E-state index in [0.29, 0.717) is 12.3 Å². The van der Waals surface area contributed by atoms with Crippen molar-refractivity contribution < 1.29 is 8.78 Å². The first-order valence-electron chi connectivity index (χ1n) is 3.61. The zero-order valence-electron chi connectivity index (χ0n) is 5.95. The predicted octanol–water partition coefficient (Wildman–Crippen LogP) is 2.79. The van der Waals surface area contributed by atoms with E-state index >= 15 is 0 Å². The summed E-state index contributed by atoms with van der Waals surface area (Å²) in [4.78, 5) is 0. The third kappa shape index (κ3) is 14.1. The van der Waals surface area contributed by atoms with Crippen LogP contribution in [0.4, 0.5) is 8.78 Å². The Balaban J connectivity index is 0. The predicted molar refractivity (Wildman–Crippen MR) is 47.0 cm³/mol. The van der Waals surface area contributed by atoms with Crippen molar-refractivity contribution in [1.82, 2.24) is 0 Å². The maximum absolute atomic E-state index is 11.5. The Hall–Kier alpha value is 1.15. The molecule has 0 N–H and O–H groups in total. The Labute approximate surface area is 94.0 Å². The minimum atomic E-state index is -2.13. The summed E-state index contributed by atoms with van der Waals surface area (Å²) < 4.78 is 23.0. The normalized spacial score (nSPS) is 9.82. The van der Waals surface area contributed by atoms with Gasteiger partial charge in [-0.25, -0.2) is 8.78 Å². The maximum atomic E-state index is 11.5. The van der Waals surface area contributed by atoms with Gasteiger partial charge in [-0.2, -0.15) is 0 Å². The molecule has 0 unspecified atom stereocenters. The van der Waals surface area contributed by atoms with Gasteiger partial charge in [0.1, 0.15) is 0 Å². The number of halogens is 3. The molecule has 64 valence electrons. The van der Waals surface area contributed by atoms with Crippen LogP contribution in [0.25, 0.3) is 0 Å². The molecule has 0 spiro atoms. The Morgan fingerprint density at radius 3 is 2.00 bits per heavy atom. The topological polar surface area (TPSA) is 0 Å². The van der Waals surface area contributed by atoms with E-state index in [0.717, 1.165) is 19.3 Å². The molecule has 0 aliphatic rings. The summed E-state index contributed by atoms with van der Waals surface area (Å²) >= 11 is 5.39. The molecule has 0 rings (SSSR count). The Bertz CT molecular complexity index is 71.5. The average molecular weight is 195 g/mol. The van der Waals surface area contributed by atoms with Crippen LogP contribution in [0.1, 0.15) is 32.1 Å². The molecule has 0 bridgehead atoms. The fourth-order valence-electron chi connectivity index (χ4n) is 0.747. The zero-order chi connectivity index (χ0) is 7.82. The van der Waals surface area contributed by atoms with Gasteiger partial charge in [-0.1, -0.05) is 12.8 Å². The first-order chi connectivity index (χ1) is 4.77. The zero-order valence-corrected chi connectivity index (χ0v) is 6.71. The van der Waals surface area contributed by atoms with Crippen LogP contribution in [0.2, 0.25) is 0 Å². The average Bonchev–Trinajstić information content (AvgIpc) is 1.87. The summed E-state index contributed by atoms with van der Waals surface area (Å²) in [5.74, 6) is 0.647. The van der Waals surface area contributed by atoms with Gasteiger partial charge in [-0.05, 0) is 12.8 Å². The van der Waals surface area contributed by atoms with Gasteiger partial charge >= 0.3 is 29.6 Å². The van der Waals surface area contributed by atoms with Crippen LogP contribution in [-0.4, -0.2) is 41.9 Å². The van der Waals surface area contributed by atoms with Crippen molar-refractivity contribution in [2.75, 3.05) is 5.88 Å². The number of hydrogen-bond donors (Lipinski definition) is 0. The summed E-state index contributed by atoms with van der Waals surface area (Å²) in [5, 5.41) is 0. The molecular formula is C7H14ClF2Na. The van der Waals surface area contributed by atoms with Crippen molar-refractivity contribution in [3.63, 3.8) is 0 Å². The van der Waals surface area contributed by atoms with Crippen molar-refractivity contribution in [2.45, 2.75) is 38.5 Å². The molecule has 0 aromatic rings. The second kappa shape index (κ2) is 11.2. The first kappa shape index (κ1) is 14.7. The summed E-state index contributed by atoms with van der Waals surface area (Å²) in [6, 6.07) is 0. The Morgan fingerprint density at radius 1 is 1.00 bits per heavy atom. The summed E-state index contributed by atoms with van der Waals surface area (Å²) in [7, 11) is 0. The molecule has 0 atom stereocenters. The molecule has 0 amide bonds. The van der Waals surface area contributed by atoms with Gasteiger partial charge < -0.3 is 0 Å². The molecule has 0 aliphatic heterocycles. The van der Waals surface area contributed by atoms with Gasteiger partial charge in [0.25, 0.3) is 0 Å². The molecule has 0 aromatic heterocycles. The monoisotopic (exact) mass is 194 g/mol. The molecule has 0 nitrogen and oxygen atoms in total. The first-order valence-corrected chi connectivity index (χ1v) is 4.15. The summed E-state index contributed by atoms with van der Waals surface area (Å²) in [6.45, 7) is 0. The van der Waals surface area contributed by atoms with E-state index in [9.17, 15) is 8.78 Å². The molecule has 0 radical (unpaired) electrons. The van der Waals surface area contributed by atoms with Gasteiger partial charge in [-0.15, -0.1) is 11.6 Å². The molecule has 0 saturated carbocycles. The fourth-order valence-corrected chi connectivity index (χ4v) is 0.936. The van der Waals surface area contributed by atoms with Gasteiger partial charge in [-0.3, -0.25) is 0 Å². The van der Waals surface area contributed by atoms with E-state index in [-0.39, 0.29) is 36.0 Å². The minimum absolute atomic E-state index is 0. The van der Waals surface area contributed by atoms with E-state index in [1.54, 1.807) is 0 Å². The third-order valence-corrected chi connectivity index (χ3v) is 1.57. The molecule has 0 aromatic carbocycles. The molecular weight excluding hydrogens is 181 g/mol. The SMILES string of the molecule is FC(F)CCCCCCCl.[NaH]. The molecule has 11 heavy (non-hydrogen) atoms. The number of unbranched alkanes of at least 4 members (excludes halogenated alkanes) is 3. The van der Waals surface area contributed by atoms with Crippen molar-refractivity contribution in [1.29, 1.82) is 0 Å². The molecule has 4 heteroatoms. The molecule has 0 heterocycles. The summed E-state index contributed by atoms with van der Waals surface area (Å²) in [5.41, 5.74) is 0. The van der Waals surface area contributed by atoms with Crippen molar-refractivity contribution in [3.8, 4) is 0 Å². The molecule has 0 aliphatic carbocycles. The van der Waals surface area contributed by atoms with Crippen LogP contribution in [0, 0.1) is 0 Å². The molecule has 0 fully saturated rings. The number of alkyl halides is 3. The van der Waals surface area contributed by atoms with Crippen LogP contribution in [-0.2, 0) is 0 Å². The number of rotatable bonds is 6. The van der Waals surface area contributed by atoms with E-state index in [2.05, 4.69) is 0 Å². The van der Waals surface area contributed by atoms with E-state index < -0.39 is 6.43 Å². The van der Waals surface area contributed by atoms with Gasteiger partial charge in [0.05, 0.1) is 0 Å². The van der Waals surface area contributed by atoms with Crippen LogP contribution in [0.15, 0.2) is 0 Å². The summed E-state index contributed by atoms with van der Waals surface area (Å²) in [6.07, 6.45) is 1.37. The van der Waals surface area contributed by atoms with Gasteiger partial charge in [0, 0.05) is 12.3 Å². The molecule has 0 saturated heterocycles. The van der Waals surface area contributed by atoms with Crippen LogP contribution in [0.5, 0.6) is 0 Å². The Kier molecular flexibility index (Phi) is 14.9. The third-order valence-electron chi connectivity index (χ3n) is 1.31. The van der Waals surface area contributed by atoms with Crippen molar-refractivity contribution in [3.05, 3.63) is 0 Å². The van der Waals surface area contributed by atoms with Gasteiger partial charge in [0.2, 0.25) is 6.43 Å². The van der Waals surface area contributed by atoms with Crippen LogP contribution >= 0.6 is 11.6 Å². The van der Waals surface area contributed by atoms with E-state index in [4.69, 9.17) is 11.6 Å². The quantitative estimate of drug-likeness (QED) is 0.347. The Morgan fingerprint density at radius 2 is 1.55 bits per heavy atom. The second-order valence-corrected chi connectivity index (χ2v) is 2.66. The van der Waals surface area contributed by atoms with E-state index in [1.165, 1.54) is 0 Å². The van der Waals surface area contributed by atoms with Crippen molar-refractivity contribution in [2.24, 2.45) is 0 Å². The number of hydrogen-bond acceptors (Lipinski definition) is 0.